The van der Waals surface area contributed by atoms with Crippen LogP contribution in [0, 0.1) is 5.92 Å². The van der Waals surface area contributed by atoms with Crippen molar-refractivity contribution in [1.29, 1.82) is 0 Å². The van der Waals surface area contributed by atoms with Crippen LogP contribution < -0.4 is 5.32 Å². The monoisotopic (exact) mass is 300 g/mol. The molecule has 2 N–H and O–H groups in total. The molecule has 1 fully saturated rings. The van der Waals surface area contributed by atoms with Crippen molar-refractivity contribution in [2.75, 3.05) is 11.9 Å². The van der Waals surface area contributed by atoms with Crippen molar-refractivity contribution >= 4 is 11.6 Å². The van der Waals surface area contributed by atoms with Crippen LogP contribution in [0.4, 0.5) is 5.69 Å². The highest BCUT2D eigenvalue weighted by Gasteiger charge is 2.34. The number of nitrogens with one attached hydrogen (secondary N) is 2. The zero-order chi connectivity index (χ0) is 15.4. The summed E-state index contributed by atoms with van der Waals surface area (Å²) in [7, 11) is 0. The van der Waals surface area contributed by atoms with E-state index in [1.54, 1.807) is 18.6 Å². The first-order chi connectivity index (χ1) is 10.8. The van der Waals surface area contributed by atoms with Crippen LogP contribution >= 0.6 is 0 Å². The Morgan fingerprint density at radius 2 is 2.36 bits per heavy atom. The molecule has 1 amide bonds. The first-order valence-electron chi connectivity index (χ1n) is 7.64. The Kier molecular flexibility index (Phi) is 4.48. The molecule has 0 spiro atoms. The molecule has 1 aliphatic rings. The number of H-pyrrole nitrogens is 1. The number of rotatable bonds is 4. The maximum Gasteiger partial charge on any atom is 0.230 e. The van der Waals surface area contributed by atoms with Crippen molar-refractivity contribution < 1.29 is 9.53 Å². The van der Waals surface area contributed by atoms with E-state index in [0.717, 1.165) is 36.2 Å². The smallest absolute Gasteiger partial charge is 0.230 e. The van der Waals surface area contributed by atoms with Gasteiger partial charge < -0.3 is 10.1 Å². The fraction of sp³-hybridized carbons (Fsp3) is 0.438. The topological polar surface area (TPSA) is 79.9 Å². The van der Waals surface area contributed by atoms with E-state index in [9.17, 15) is 4.79 Å². The summed E-state index contributed by atoms with van der Waals surface area (Å²) in [5.41, 5.74) is 2.72. The second-order valence-corrected chi connectivity index (χ2v) is 5.43. The molecule has 1 aliphatic heterocycles. The zero-order valence-electron chi connectivity index (χ0n) is 12.6. The van der Waals surface area contributed by atoms with E-state index in [1.807, 2.05) is 19.1 Å². The lowest BCUT2D eigenvalue weighted by Crippen LogP contribution is -2.33. The van der Waals surface area contributed by atoms with E-state index in [1.165, 1.54) is 0 Å². The number of ether oxygens (including phenoxy) is 1. The standard InChI is InChI=1S/C16H20N4O2/c1-2-11-10-17-7-5-13(11)19-16(21)12-4-3-9-22-15(12)14-6-8-18-20-14/h5-8,10,12,15H,2-4,9H2,1H3,(H,18,20)(H,17,19,21)/t12-,15-/m1/s1. The average molecular weight is 300 g/mol. The van der Waals surface area contributed by atoms with Crippen LogP contribution in [-0.2, 0) is 16.0 Å². The first-order valence-corrected chi connectivity index (χ1v) is 7.64. The number of carbonyl (C=O) groups excluding carboxylic acids is 1. The second-order valence-electron chi connectivity index (χ2n) is 5.43. The van der Waals surface area contributed by atoms with Gasteiger partial charge in [0.1, 0.15) is 6.10 Å². The van der Waals surface area contributed by atoms with Gasteiger partial charge in [-0.15, -0.1) is 0 Å². The minimum Gasteiger partial charge on any atom is -0.371 e. The van der Waals surface area contributed by atoms with Gasteiger partial charge in [-0.1, -0.05) is 6.92 Å². The highest BCUT2D eigenvalue weighted by molar-refractivity contribution is 5.93. The number of amides is 1. The van der Waals surface area contributed by atoms with Crippen LogP contribution in [0.2, 0.25) is 0 Å². The van der Waals surface area contributed by atoms with Crippen molar-refractivity contribution in [3.8, 4) is 0 Å². The highest BCUT2D eigenvalue weighted by Crippen LogP contribution is 2.33. The molecule has 116 valence electrons. The summed E-state index contributed by atoms with van der Waals surface area (Å²) in [6.45, 7) is 2.72. The Labute approximate surface area is 129 Å². The van der Waals surface area contributed by atoms with Crippen molar-refractivity contribution in [2.45, 2.75) is 32.3 Å². The van der Waals surface area contributed by atoms with Gasteiger partial charge in [-0.25, -0.2) is 0 Å². The van der Waals surface area contributed by atoms with Gasteiger partial charge in [0, 0.05) is 30.9 Å². The molecule has 0 radical (unpaired) electrons. The molecular weight excluding hydrogens is 280 g/mol. The Balaban J connectivity index is 1.77. The molecule has 0 aromatic carbocycles. The van der Waals surface area contributed by atoms with Gasteiger partial charge in [0.05, 0.1) is 11.6 Å². The van der Waals surface area contributed by atoms with Crippen LogP contribution in [-0.4, -0.2) is 27.7 Å². The van der Waals surface area contributed by atoms with E-state index in [4.69, 9.17) is 4.74 Å². The molecular formula is C16H20N4O2. The van der Waals surface area contributed by atoms with Gasteiger partial charge >= 0.3 is 0 Å². The van der Waals surface area contributed by atoms with Crippen molar-refractivity contribution in [2.24, 2.45) is 5.92 Å². The highest BCUT2D eigenvalue weighted by atomic mass is 16.5. The predicted octanol–water partition coefficient (Wildman–Crippen LogP) is 2.47. The Hall–Kier alpha value is -2.21. The number of pyridine rings is 1. The van der Waals surface area contributed by atoms with Gasteiger partial charge in [-0.3, -0.25) is 14.9 Å². The largest absolute Gasteiger partial charge is 0.371 e. The molecule has 6 heteroatoms. The number of anilines is 1. The summed E-state index contributed by atoms with van der Waals surface area (Å²) in [6, 6.07) is 3.70. The molecule has 6 nitrogen and oxygen atoms in total. The van der Waals surface area contributed by atoms with Crippen LogP contribution in [0.3, 0.4) is 0 Å². The number of hydrogen-bond acceptors (Lipinski definition) is 4. The van der Waals surface area contributed by atoms with Gasteiger partial charge in [0.15, 0.2) is 0 Å². The fourth-order valence-electron chi connectivity index (χ4n) is 2.84. The Morgan fingerprint density at radius 3 is 3.14 bits per heavy atom. The third kappa shape index (κ3) is 3.01. The number of hydrogen-bond donors (Lipinski definition) is 2. The maximum absolute atomic E-state index is 12.7. The van der Waals surface area contributed by atoms with Gasteiger partial charge in [0.25, 0.3) is 0 Å². The fourth-order valence-corrected chi connectivity index (χ4v) is 2.84. The van der Waals surface area contributed by atoms with Crippen LogP contribution in [0.1, 0.15) is 37.1 Å². The number of aryl methyl sites for hydroxylation is 1. The summed E-state index contributed by atoms with van der Waals surface area (Å²) in [6.07, 6.45) is 7.43. The van der Waals surface area contributed by atoms with E-state index < -0.39 is 0 Å². The lowest BCUT2D eigenvalue weighted by Gasteiger charge is -2.30. The molecule has 1 saturated heterocycles. The Bertz CT molecular complexity index is 627. The molecule has 0 saturated carbocycles. The van der Waals surface area contributed by atoms with Crippen molar-refractivity contribution in [3.63, 3.8) is 0 Å². The number of nitrogens with zero attached hydrogens (tertiary/aromatic N) is 2. The summed E-state index contributed by atoms with van der Waals surface area (Å²) < 4.78 is 5.81. The summed E-state index contributed by atoms with van der Waals surface area (Å²) in [5, 5.41) is 9.90. The molecule has 2 aromatic rings. The number of aromatic nitrogens is 3. The first kappa shape index (κ1) is 14.7. The van der Waals surface area contributed by atoms with E-state index in [0.29, 0.717) is 6.61 Å². The molecule has 0 bridgehead atoms. The molecule has 2 aromatic heterocycles. The van der Waals surface area contributed by atoms with Crippen molar-refractivity contribution in [3.05, 3.63) is 42.0 Å². The molecule has 0 unspecified atom stereocenters. The number of carbonyl (C=O) groups is 1. The van der Waals surface area contributed by atoms with Crippen LogP contribution in [0.5, 0.6) is 0 Å². The molecule has 3 heterocycles. The third-order valence-corrected chi connectivity index (χ3v) is 4.03. The van der Waals surface area contributed by atoms with Crippen molar-refractivity contribution in [1.82, 2.24) is 15.2 Å². The van der Waals surface area contributed by atoms with E-state index in [-0.39, 0.29) is 17.9 Å². The second kappa shape index (κ2) is 6.70. The third-order valence-electron chi connectivity index (χ3n) is 4.03. The van der Waals surface area contributed by atoms with Crippen LogP contribution in [0.15, 0.2) is 30.7 Å². The molecule has 22 heavy (non-hydrogen) atoms. The quantitative estimate of drug-likeness (QED) is 0.909. The summed E-state index contributed by atoms with van der Waals surface area (Å²) in [5.74, 6) is -0.229. The molecule has 2 atom stereocenters. The average Bonchev–Trinajstić information content (AvgIpc) is 3.09. The normalized spacial score (nSPS) is 21.5. The van der Waals surface area contributed by atoms with Gasteiger partial charge in [0.2, 0.25) is 5.91 Å². The van der Waals surface area contributed by atoms with E-state index in [2.05, 4.69) is 20.5 Å². The zero-order valence-corrected chi connectivity index (χ0v) is 12.6. The maximum atomic E-state index is 12.7. The van der Waals surface area contributed by atoms with Gasteiger partial charge in [-0.2, -0.15) is 5.10 Å². The lowest BCUT2D eigenvalue weighted by atomic mass is 9.91. The van der Waals surface area contributed by atoms with Crippen LogP contribution in [0.25, 0.3) is 0 Å². The van der Waals surface area contributed by atoms with Gasteiger partial charge in [-0.05, 0) is 37.0 Å². The minimum atomic E-state index is -0.261. The Morgan fingerprint density at radius 1 is 1.45 bits per heavy atom. The summed E-state index contributed by atoms with van der Waals surface area (Å²) in [4.78, 5) is 16.8. The van der Waals surface area contributed by atoms with E-state index >= 15 is 0 Å². The number of aromatic amines is 1. The lowest BCUT2D eigenvalue weighted by molar-refractivity contribution is -0.129. The molecule has 0 aliphatic carbocycles. The predicted molar refractivity (Wildman–Crippen MR) is 82.2 cm³/mol. The SMILES string of the molecule is CCc1cnccc1NC(=O)[C@@H]1CCCO[C@H]1c1ccn[nH]1. The minimum absolute atomic E-state index is 0.0137. The molecule has 3 rings (SSSR count). The summed E-state index contributed by atoms with van der Waals surface area (Å²) >= 11 is 0.